The average Bonchev–Trinajstić information content (AvgIpc) is 1.58. The summed E-state index contributed by atoms with van der Waals surface area (Å²) in [6.45, 7) is 3.06. The van der Waals surface area contributed by atoms with Gasteiger partial charge in [-0.1, -0.05) is 11.6 Å². The number of aliphatic hydroxyl groups is 1. The van der Waals surface area contributed by atoms with Crippen molar-refractivity contribution in [1.82, 2.24) is 0 Å². The molecule has 1 N–H and O–H groups in total. The van der Waals surface area contributed by atoms with Gasteiger partial charge in [0.25, 0.3) is 0 Å². The molecule has 2 atom stereocenters. The van der Waals surface area contributed by atoms with E-state index in [1.54, 1.807) is 6.92 Å². The van der Waals surface area contributed by atoms with E-state index in [9.17, 15) is 4.79 Å². The quantitative estimate of drug-likeness (QED) is 0.500. The Bertz CT molecular complexity index is 99.6. The lowest BCUT2D eigenvalue weighted by Gasteiger charge is -2.06. The first-order chi connectivity index (χ1) is 4.52. The molecule has 0 aromatic rings. The van der Waals surface area contributed by atoms with E-state index in [-0.39, 0.29) is 6.42 Å². The fourth-order valence-corrected chi connectivity index (χ4v) is 0.570. The summed E-state index contributed by atoms with van der Waals surface area (Å²) >= 11 is 5.33. The van der Waals surface area contributed by atoms with Crippen LogP contribution in [0.15, 0.2) is 0 Å². The molecule has 0 aromatic carbocycles. The van der Waals surface area contributed by atoms with Crippen LogP contribution in [0.25, 0.3) is 0 Å². The fourth-order valence-electron chi connectivity index (χ4n) is 0.470. The van der Waals surface area contributed by atoms with Crippen molar-refractivity contribution in [2.75, 3.05) is 0 Å². The number of carbonyl (C=O) groups is 1. The van der Waals surface area contributed by atoms with Gasteiger partial charge in [-0.2, -0.15) is 0 Å². The van der Waals surface area contributed by atoms with Crippen molar-refractivity contribution in [2.45, 2.75) is 31.9 Å². The van der Waals surface area contributed by atoms with Crippen molar-refractivity contribution in [2.24, 2.45) is 0 Å². The first-order valence-electron chi connectivity index (χ1n) is 3.04. The van der Waals surface area contributed by atoms with Gasteiger partial charge in [0, 0.05) is 0 Å². The molecule has 0 aromatic heterocycles. The topological polar surface area (TPSA) is 46.5 Å². The molecule has 3 nitrogen and oxygen atoms in total. The van der Waals surface area contributed by atoms with Gasteiger partial charge in [0.15, 0.2) is 5.56 Å². The third-order valence-corrected chi connectivity index (χ3v) is 0.845. The van der Waals surface area contributed by atoms with Gasteiger partial charge in [-0.15, -0.1) is 0 Å². The van der Waals surface area contributed by atoms with Crippen molar-refractivity contribution < 1.29 is 14.6 Å². The fraction of sp³-hybridized carbons (Fsp3) is 0.833. The molecule has 0 amide bonds. The first kappa shape index (κ1) is 9.72. The molecule has 60 valence electrons. The molecule has 0 spiro atoms. The van der Waals surface area contributed by atoms with Crippen molar-refractivity contribution in [1.29, 1.82) is 0 Å². The second-order valence-electron chi connectivity index (χ2n) is 2.09. The zero-order valence-electron chi connectivity index (χ0n) is 6.00. The third kappa shape index (κ3) is 5.85. The summed E-state index contributed by atoms with van der Waals surface area (Å²) < 4.78 is 4.53. The molecule has 0 aliphatic heterocycles. The minimum Gasteiger partial charge on any atom is -0.446 e. The molecule has 0 radical (unpaired) electrons. The zero-order chi connectivity index (χ0) is 8.15. The highest BCUT2D eigenvalue weighted by Gasteiger charge is 2.08. The van der Waals surface area contributed by atoms with Gasteiger partial charge in [0.2, 0.25) is 0 Å². The molecule has 10 heavy (non-hydrogen) atoms. The van der Waals surface area contributed by atoms with Crippen molar-refractivity contribution in [3.05, 3.63) is 0 Å². The van der Waals surface area contributed by atoms with E-state index in [0.29, 0.717) is 0 Å². The lowest BCUT2D eigenvalue weighted by atomic mass is 10.3. The molecular formula is C6H11ClO3. The van der Waals surface area contributed by atoms with Crippen molar-refractivity contribution in [3.63, 3.8) is 0 Å². The molecule has 0 heterocycles. The number of aliphatic hydroxyl groups excluding tert-OH is 1. The van der Waals surface area contributed by atoms with Crippen molar-refractivity contribution >= 4 is 17.6 Å². The molecule has 2 unspecified atom stereocenters. The maximum absolute atomic E-state index is 10.6. The maximum Gasteiger partial charge on any atom is 0.309 e. The van der Waals surface area contributed by atoms with E-state index < -0.39 is 17.6 Å². The predicted octanol–water partition coefficient (Wildman–Crippen LogP) is 0.885. The summed E-state index contributed by atoms with van der Waals surface area (Å²) in [6.07, 6.45) is -0.667. The van der Waals surface area contributed by atoms with Crippen molar-refractivity contribution in [3.8, 4) is 0 Å². The van der Waals surface area contributed by atoms with Gasteiger partial charge >= 0.3 is 5.97 Å². The predicted molar refractivity (Wildman–Crippen MR) is 37.7 cm³/mol. The molecule has 4 heteroatoms. The monoisotopic (exact) mass is 166 g/mol. The Labute approximate surface area is 64.9 Å². The molecular weight excluding hydrogens is 156 g/mol. The Morgan fingerprint density at radius 2 is 2.20 bits per heavy atom. The summed E-state index contributed by atoms with van der Waals surface area (Å²) in [5.74, 6) is -0.475. The number of rotatable bonds is 3. The number of halogens is 1. The third-order valence-electron chi connectivity index (χ3n) is 0.756. The van der Waals surface area contributed by atoms with Gasteiger partial charge in [-0.05, 0) is 13.8 Å². The zero-order valence-corrected chi connectivity index (χ0v) is 6.76. The molecule has 0 aliphatic rings. The highest BCUT2D eigenvalue weighted by Crippen LogP contribution is 2.00. The highest BCUT2D eigenvalue weighted by molar-refractivity contribution is 6.19. The Hall–Kier alpha value is -0.280. The Balaban J connectivity index is 3.44. The lowest BCUT2D eigenvalue weighted by molar-refractivity contribution is -0.146. The van der Waals surface area contributed by atoms with E-state index in [0.717, 1.165) is 0 Å². The molecule has 0 saturated heterocycles. The summed E-state index contributed by atoms with van der Waals surface area (Å²) in [7, 11) is 0. The molecule has 0 saturated carbocycles. The summed E-state index contributed by atoms with van der Waals surface area (Å²) in [5.41, 5.74) is -0.619. The van der Waals surface area contributed by atoms with E-state index in [4.69, 9.17) is 16.7 Å². The summed E-state index contributed by atoms with van der Waals surface area (Å²) in [6, 6.07) is 0. The average molecular weight is 167 g/mol. The number of esters is 1. The molecule has 0 fully saturated rings. The van der Waals surface area contributed by atoms with Gasteiger partial charge in [-0.3, -0.25) is 4.79 Å². The van der Waals surface area contributed by atoms with Crippen LogP contribution in [-0.4, -0.2) is 22.7 Å². The number of hydrogen-bond donors (Lipinski definition) is 1. The van der Waals surface area contributed by atoms with Crippen LogP contribution in [0.3, 0.4) is 0 Å². The standard InChI is InChI=1S/C6H11ClO3/c1-4(8)3-6(9)10-5(2)7/h4-5,8H,3H2,1-2H3. The van der Waals surface area contributed by atoms with Crippen LogP contribution < -0.4 is 0 Å². The van der Waals surface area contributed by atoms with E-state index in [1.165, 1.54) is 6.92 Å². The summed E-state index contributed by atoms with van der Waals surface area (Å²) in [4.78, 5) is 10.6. The highest BCUT2D eigenvalue weighted by atomic mass is 35.5. The molecule has 0 aliphatic carbocycles. The van der Waals surface area contributed by atoms with Crippen LogP contribution >= 0.6 is 11.6 Å². The number of alkyl halides is 1. The molecule has 0 rings (SSSR count). The maximum atomic E-state index is 10.6. The SMILES string of the molecule is CC(O)CC(=O)OC(C)Cl. The first-order valence-corrected chi connectivity index (χ1v) is 3.47. The molecule has 0 bridgehead atoms. The Morgan fingerprint density at radius 1 is 1.70 bits per heavy atom. The van der Waals surface area contributed by atoms with Gasteiger partial charge in [0.05, 0.1) is 12.5 Å². The number of hydrogen-bond acceptors (Lipinski definition) is 3. The Morgan fingerprint density at radius 3 is 2.50 bits per heavy atom. The lowest BCUT2D eigenvalue weighted by Crippen LogP contribution is -2.15. The smallest absolute Gasteiger partial charge is 0.309 e. The number of ether oxygens (including phenoxy) is 1. The van der Waals surface area contributed by atoms with E-state index in [1.807, 2.05) is 0 Å². The second kappa shape index (κ2) is 4.52. The second-order valence-corrected chi connectivity index (χ2v) is 2.70. The van der Waals surface area contributed by atoms with Crippen LogP contribution in [0.4, 0.5) is 0 Å². The Kier molecular flexibility index (Phi) is 4.40. The van der Waals surface area contributed by atoms with Crippen LogP contribution in [0.1, 0.15) is 20.3 Å². The summed E-state index contributed by atoms with van der Waals surface area (Å²) in [5, 5.41) is 8.69. The van der Waals surface area contributed by atoms with Crippen LogP contribution in [0.5, 0.6) is 0 Å². The minimum absolute atomic E-state index is 0.00292. The van der Waals surface area contributed by atoms with Crippen LogP contribution in [-0.2, 0) is 9.53 Å². The van der Waals surface area contributed by atoms with E-state index >= 15 is 0 Å². The largest absolute Gasteiger partial charge is 0.446 e. The van der Waals surface area contributed by atoms with Gasteiger partial charge in [-0.25, -0.2) is 0 Å². The van der Waals surface area contributed by atoms with Gasteiger partial charge < -0.3 is 9.84 Å². The van der Waals surface area contributed by atoms with E-state index in [2.05, 4.69) is 4.74 Å². The van der Waals surface area contributed by atoms with Crippen LogP contribution in [0.2, 0.25) is 0 Å². The minimum atomic E-state index is -0.664. The van der Waals surface area contributed by atoms with Crippen LogP contribution in [0, 0.1) is 0 Å². The normalized spacial score (nSPS) is 16.0. The van der Waals surface area contributed by atoms with Gasteiger partial charge in [0.1, 0.15) is 0 Å². The number of carbonyl (C=O) groups excluding carboxylic acids is 1.